The van der Waals surface area contributed by atoms with E-state index in [1.165, 1.54) is 23.7 Å². The highest BCUT2D eigenvalue weighted by atomic mass is 32.2. The molecule has 2 N–H and O–H groups in total. The van der Waals surface area contributed by atoms with Gasteiger partial charge in [0.05, 0.1) is 11.6 Å². The summed E-state index contributed by atoms with van der Waals surface area (Å²) in [6, 6.07) is 10.4. The van der Waals surface area contributed by atoms with Gasteiger partial charge in [0.1, 0.15) is 16.9 Å². The van der Waals surface area contributed by atoms with Crippen LogP contribution in [0, 0.1) is 0 Å². The van der Waals surface area contributed by atoms with Crippen LogP contribution < -0.4 is 5.32 Å². The summed E-state index contributed by atoms with van der Waals surface area (Å²) in [4.78, 5) is 27.9. The topological polar surface area (TPSA) is 83.6 Å². The van der Waals surface area contributed by atoms with E-state index in [1.807, 2.05) is 32.0 Å². The molecule has 0 aliphatic carbocycles. The molecule has 3 rings (SSSR count). The Kier molecular flexibility index (Phi) is 5.65. The third-order valence-electron chi connectivity index (χ3n) is 3.94. The zero-order valence-corrected chi connectivity index (χ0v) is 15.1. The van der Waals surface area contributed by atoms with Gasteiger partial charge in [0.25, 0.3) is 0 Å². The van der Waals surface area contributed by atoms with Gasteiger partial charge in [-0.15, -0.1) is 0 Å². The number of imidazole rings is 1. The Hall–Kier alpha value is -2.41. The maximum atomic E-state index is 12.4. The van der Waals surface area contributed by atoms with Gasteiger partial charge in [-0.1, -0.05) is 42.1 Å². The van der Waals surface area contributed by atoms with Crippen molar-refractivity contribution in [1.82, 2.24) is 25.3 Å². The lowest BCUT2D eigenvalue weighted by atomic mass is 10.1. The van der Waals surface area contributed by atoms with Gasteiger partial charge in [0.15, 0.2) is 5.65 Å². The number of aryl methyl sites for hydroxylation is 1. The molecule has 6 nitrogen and oxygen atoms in total. The molecule has 0 saturated carbocycles. The number of nitrogens with zero attached hydrogens (tertiary/aromatic N) is 3. The minimum atomic E-state index is -0.249. The van der Waals surface area contributed by atoms with Gasteiger partial charge in [-0.25, -0.2) is 15.0 Å². The van der Waals surface area contributed by atoms with Crippen molar-refractivity contribution in [3.05, 3.63) is 48.5 Å². The Bertz CT molecular complexity index is 836. The number of amides is 1. The lowest BCUT2D eigenvalue weighted by molar-refractivity contribution is -0.120. The van der Waals surface area contributed by atoms with Crippen LogP contribution in [0.3, 0.4) is 0 Å². The summed E-state index contributed by atoms with van der Waals surface area (Å²) in [5.41, 5.74) is 2.67. The molecule has 1 aromatic carbocycles. The van der Waals surface area contributed by atoms with Crippen LogP contribution in [0.15, 0.2) is 48.0 Å². The SMILES string of the molecule is CC(CCc1ccccc1)NC(=O)C(C)Sc1ncnc2nc[nH]c12. The minimum Gasteiger partial charge on any atom is -0.353 e. The van der Waals surface area contributed by atoms with E-state index in [2.05, 4.69) is 37.4 Å². The summed E-state index contributed by atoms with van der Waals surface area (Å²) < 4.78 is 0. The molecule has 0 fully saturated rings. The fourth-order valence-electron chi connectivity index (χ4n) is 2.51. The number of hydrogen-bond donors (Lipinski definition) is 2. The lowest BCUT2D eigenvalue weighted by Crippen LogP contribution is -2.37. The molecule has 3 aromatic rings. The van der Waals surface area contributed by atoms with Gasteiger partial charge < -0.3 is 10.3 Å². The third-order valence-corrected chi connectivity index (χ3v) is 5.04. The van der Waals surface area contributed by atoms with Crippen molar-refractivity contribution in [3.8, 4) is 0 Å². The number of H-pyrrole nitrogens is 1. The molecule has 0 spiro atoms. The lowest BCUT2D eigenvalue weighted by Gasteiger charge is -2.17. The normalized spacial score (nSPS) is 13.5. The number of aromatic nitrogens is 4. The summed E-state index contributed by atoms with van der Waals surface area (Å²) in [6.07, 6.45) is 4.91. The molecule has 0 aliphatic rings. The molecule has 2 unspecified atom stereocenters. The molecule has 2 aromatic heterocycles. The van der Waals surface area contributed by atoms with E-state index in [0.29, 0.717) is 5.65 Å². The third kappa shape index (κ3) is 4.57. The predicted octanol–water partition coefficient (Wildman–Crippen LogP) is 2.97. The average Bonchev–Trinajstić information content (AvgIpc) is 3.10. The Morgan fingerprint density at radius 3 is 2.80 bits per heavy atom. The molecule has 25 heavy (non-hydrogen) atoms. The smallest absolute Gasteiger partial charge is 0.233 e. The van der Waals surface area contributed by atoms with Gasteiger partial charge in [0.2, 0.25) is 5.91 Å². The second kappa shape index (κ2) is 8.11. The second-order valence-electron chi connectivity index (χ2n) is 5.97. The zero-order chi connectivity index (χ0) is 17.6. The molecule has 0 bridgehead atoms. The number of carbonyl (C=O) groups excluding carboxylic acids is 1. The Morgan fingerprint density at radius 2 is 2.00 bits per heavy atom. The van der Waals surface area contributed by atoms with E-state index in [9.17, 15) is 4.79 Å². The van der Waals surface area contributed by atoms with Gasteiger partial charge in [-0.05, 0) is 32.3 Å². The zero-order valence-electron chi connectivity index (χ0n) is 14.3. The minimum absolute atomic E-state index is 0.0110. The molecule has 2 atom stereocenters. The number of benzene rings is 1. The molecule has 0 saturated heterocycles. The van der Waals surface area contributed by atoms with Gasteiger partial charge in [0, 0.05) is 6.04 Å². The highest BCUT2D eigenvalue weighted by molar-refractivity contribution is 8.00. The highest BCUT2D eigenvalue weighted by Crippen LogP contribution is 2.26. The van der Waals surface area contributed by atoms with Crippen molar-refractivity contribution in [1.29, 1.82) is 0 Å². The van der Waals surface area contributed by atoms with E-state index in [-0.39, 0.29) is 17.2 Å². The Balaban J connectivity index is 1.52. The van der Waals surface area contributed by atoms with Crippen LogP contribution in [0.4, 0.5) is 0 Å². The van der Waals surface area contributed by atoms with E-state index in [4.69, 9.17) is 0 Å². The van der Waals surface area contributed by atoms with Crippen LogP contribution in [-0.4, -0.2) is 37.1 Å². The number of nitrogens with one attached hydrogen (secondary N) is 2. The van der Waals surface area contributed by atoms with Crippen LogP contribution in [0.25, 0.3) is 11.2 Å². The van der Waals surface area contributed by atoms with E-state index in [1.54, 1.807) is 6.33 Å². The number of hydrogen-bond acceptors (Lipinski definition) is 5. The number of carbonyl (C=O) groups is 1. The number of rotatable bonds is 7. The van der Waals surface area contributed by atoms with Crippen molar-refractivity contribution >= 4 is 28.8 Å². The first kappa shape index (κ1) is 17.4. The molecule has 130 valence electrons. The first-order valence-corrected chi connectivity index (χ1v) is 9.16. The molecule has 2 heterocycles. The van der Waals surface area contributed by atoms with Gasteiger partial charge >= 0.3 is 0 Å². The molecule has 7 heteroatoms. The van der Waals surface area contributed by atoms with E-state index in [0.717, 1.165) is 23.4 Å². The van der Waals surface area contributed by atoms with Crippen molar-refractivity contribution in [2.75, 3.05) is 0 Å². The molecule has 0 aliphatic heterocycles. The maximum absolute atomic E-state index is 12.4. The fraction of sp³-hybridized carbons (Fsp3) is 0.333. The standard InChI is InChI=1S/C18H21N5OS/c1-12(8-9-14-6-4-3-5-7-14)23-17(24)13(2)25-18-15-16(20-10-19-15)21-11-22-18/h3-7,10-13H,8-9H2,1-2H3,(H,23,24)(H,19,20,21,22). The summed E-state index contributed by atoms with van der Waals surface area (Å²) >= 11 is 1.41. The van der Waals surface area contributed by atoms with Crippen molar-refractivity contribution in [2.24, 2.45) is 0 Å². The average molecular weight is 355 g/mol. The largest absolute Gasteiger partial charge is 0.353 e. The van der Waals surface area contributed by atoms with Gasteiger partial charge in [-0.2, -0.15) is 0 Å². The predicted molar refractivity (Wildman–Crippen MR) is 99.4 cm³/mol. The fourth-order valence-corrected chi connectivity index (χ4v) is 3.40. The first-order valence-electron chi connectivity index (χ1n) is 8.28. The second-order valence-corrected chi connectivity index (χ2v) is 7.30. The van der Waals surface area contributed by atoms with Gasteiger partial charge in [-0.3, -0.25) is 4.79 Å². The monoisotopic (exact) mass is 355 g/mol. The summed E-state index contributed by atoms with van der Waals surface area (Å²) in [5.74, 6) is 0.0110. The molecule has 0 radical (unpaired) electrons. The van der Waals surface area contributed by atoms with Crippen molar-refractivity contribution < 1.29 is 4.79 Å². The van der Waals surface area contributed by atoms with Crippen molar-refractivity contribution in [2.45, 2.75) is 43.0 Å². The maximum Gasteiger partial charge on any atom is 0.233 e. The van der Waals surface area contributed by atoms with Crippen LogP contribution in [0.2, 0.25) is 0 Å². The number of aromatic amines is 1. The quantitative estimate of drug-likeness (QED) is 0.503. The Morgan fingerprint density at radius 1 is 1.20 bits per heavy atom. The van der Waals surface area contributed by atoms with Crippen LogP contribution >= 0.6 is 11.8 Å². The number of thioether (sulfide) groups is 1. The van der Waals surface area contributed by atoms with Crippen LogP contribution in [-0.2, 0) is 11.2 Å². The number of fused-ring (bicyclic) bond motifs is 1. The van der Waals surface area contributed by atoms with E-state index >= 15 is 0 Å². The first-order chi connectivity index (χ1) is 12.1. The van der Waals surface area contributed by atoms with Crippen molar-refractivity contribution in [3.63, 3.8) is 0 Å². The summed E-state index contributed by atoms with van der Waals surface area (Å²) in [5, 5.41) is 3.57. The van der Waals surface area contributed by atoms with E-state index < -0.39 is 0 Å². The molecular weight excluding hydrogens is 334 g/mol. The van der Waals surface area contributed by atoms with Crippen LogP contribution in [0.5, 0.6) is 0 Å². The highest BCUT2D eigenvalue weighted by Gasteiger charge is 2.19. The summed E-state index contributed by atoms with van der Waals surface area (Å²) in [7, 11) is 0. The Labute approximate surface area is 150 Å². The summed E-state index contributed by atoms with van der Waals surface area (Å²) in [6.45, 7) is 3.92. The molecular formula is C18H21N5OS. The van der Waals surface area contributed by atoms with Crippen LogP contribution in [0.1, 0.15) is 25.8 Å². The molecule has 1 amide bonds.